The Balaban J connectivity index is 1.66. The van der Waals surface area contributed by atoms with E-state index in [-0.39, 0.29) is 17.2 Å². The Kier molecular flexibility index (Phi) is 6.37. The Morgan fingerprint density at radius 3 is 2.33 bits per heavy atom. The fraction of sp³-hybridized carbons (Fsp3) is 0.120. The number of thioether (sulfide) groups is 1. The zero-order chi connectivity index (χ0) is 23.5. The lowest BCUT2D eigenvalue weighted by Gasteiger charge is -2.16. The van der Waals surface area contributed by atoms with Crippen LogP contribution < -0.4 is 10.9 Å². The Labute approximate surface area is 193 Å². The summed E-state index contributed by atoms with van der Waals surface area (Å²) in [5.74, 6) is -0.764. The lowest BCUT2D eigenvalue weighted by molar-refractivity contribution is -0.115. The van der Waals surface area contributed by atoms with Crippen LogP contribution in [0.2, 0.25) is 0 Å². The maximum absolute atomic E-state index is 13.5. The molecule has 8 heteroatoms. The minimum atomic E-state index is -0.600. The quantitative estimate of drug-likeness (QED) is 0.252. The Morgan fingerprint density at radius 2 is 1.67 bits per heavy atom. The van der Waals surface area contributed by atoms with Crippen LogP contribution in [0.4, 0.5) is 10.1 Å². The maximum atomic E-state index is 13.5. The first-order valence-electron chi connectivity index (χ1n) is 10.2. The largest absolute Gasteiger partial charge is 0.325 e. The number of hydrogen-bond acceptors (Lipinski definition) is 5. The van der Waals surface area contributed by atoms with Gasteiger partial charge in [0, 0.05) is 11.3 Å². The third-order valence-electron chi connectivity index (χ3n) is 5.04. The molecule has 1 unspecified atom stereocenters. The number of aromatic nitrogens is 2. The molecule has 1 aromatic heterocycles. The molecule has 1 heterocycles. The van der Waals surface area contributed by atoms with Gasteiger partial charge in [-0.3, -0.25) is 19.0 Å². The number of ketones is 1. The molecule has 0 radical (unpaired) electrons. The summed E-state index contributed by atoms with van der Waals surface area (Å²) in [6.07, 6.45) is 0. The van der Waals surface area contributed by atoms with Gasteiger partial charge in [0.1, 0.15) is 5.82 Å². The van der Waals surface area contributed by atoms with Gasteiger partial charge in [-0.2, -0.15) is 0 Å². The van der Waals surface area contributed by atoms with Crippen molar-refractivity contribution in [2.75, 3.05) is 5.32 Å². The SMILES string of the molecule is CC(=O)c1ccc(NC(=O)C(C)Sc2nc3ccccc3c(=O)n2-c2ccc(F)cc2)cc1. The summed E-state index contributed by atoms with van der Waals surface area (Å²) >= 11 is 1.13. The lowest BCUT2D eigenvalue weighted by atomic mass is 10.1. The molecule has 1 N–H and O–H groups in total. The van der Waals surface area contributed by atoms with Gasteiger partial charge in [-0.1, -0.05) is 23.9 Å². The second-order valence-corrected chi connectivity index (χ2v) is 8.72. The molecule has 0 aliphatic rings. The maximum Gasteiger partial charge on any atom is 0.266 e. The van der Waals surface area contributed by atoms with Gasteiger partial charge in [-0.05, 0) is 74.5 Å². The summed E-state index contributed by atoms with van der Waals surface area (Å²) in [7, 11) is 0. The molecule has 0 saturated heterocycles. The molecule has 166 valence electrons. The van der Waals surface area contributed by atoms with Crippen LogP contribution in [0, 0.1) is 5.82 Å². The molecule has 0 aliphatic carbocycles. The van der Waals surface area contributed by atoms with Crippen molar-refractivity contribution in [2.45, 2.75) is 24.3 Å². The van der Waals surface area contributed by atoms with E-state index < -0.39 is 11.1 Å². The number of nitrogens with zero attached hydrogens (tertiary/aromatic N) is 2. The van der Waals surface area contributed by atoms with E-state index in [2.05, 4.69) is 10.3 Å². The van der Waals surface area contributed by atoms with Crippen molar-refractivity contribution in [2.24, 2.45) is 0 Å². The van der Waals surface area contributed by atoms with Crippen molar-refractivity contribution in [3.63, 3.8) is 0 Å². The smallest absolute Gasteiger partial charge is 0.266 e. The van der Waals surface area contributed by atoms with Crippen LogP contribution in [-0.2, 0) is 4.79 Å². The third-order valence-corrected chi connectivity index (χ3v) is 6.09. The molecule has 0 saturated carbocycles. The molecule has 3 aromatic carbocycles. The number of carbonyl (C=O) groups is 2. The van der Waals surface area contributed by atoms with Gasteiger partial charge in [0.15, 0.2) is 10.9 Å². The Hall–Kier alpha value is -3.78. The monoisotopic (exact) mass is 461 g/mol. The molecule has 0 spiro atoms. The Bertz CT molecular complexity index is 1400. The first-order chi connectivity index (χ1) is 15.8. The minimum absolute atomic E-state index is 0.0575. The molecule has 6 nitrogen and oxygen atoms in total. The van der Waals surface area contributed by atoms with Crippen molar-refractivity contribution in [1.82, 2.24) is 9.55 Å². The number of amides is 1. The Morgan fingerprint density at radius 1 is 1.00 bits per heavy atom. The highest BCUT2D eigenvalue weighted by atomic mass is 32.2. The average molecular weight is 462 g/mol. The number of rotatable bonds is 6. The molecule has 4 aromatic rings. The topological polar surface area (TPSA) is 81.1 Å². The van der Waals surface area contributed by atoms with Crippen molar-refractivity contribution < 1.29 is 14.0 Å². The van der Waals surface area contributed by atoms with E-state index in [1.54, 1.807) is 55.5 Å². The van der Waals surface area contributed by atoms with Gasteiger partial charge in [0.05, 0.1) is 21.8 Å². The van der Waals surface area contributed by atoms with Gasteiger partial charge >= 0.3 is 0 Å². The number of hydrogen-bond donors (Lipinski definition) is 1. The summed E-state index contributed by atoms with van der Waals surface area (Å²) in [4.78, 5) is 42.1. The first kappa shape index (κ1) is 22.4. The predicted molar refractivity (Wildman–Crippen MR) is 128 cm³/mol. The number of Topliss-reactive ketones (excluding diaryl/α,β-unsaturated/α-hetero) is 1. The van der Waals surface area contributed by atoms with E-state index >= 15 is 0 Å². The lowest BCUT2D eigenvalue weighted by Crippen LogP contribution is -2.26. The van der Waals surface area contributed by atoms with Gasteiger partial charge in [0.2, 0.25) is 5.91 Å². The average Bonchev–Trinajstić information content (AvgIpc) is 2.80. The van der Waals surface area contributed by atoms with Crippen LogP contribution in [0.1, 0.15) is 24.2 Å². The van der Waals surface area contributed by atoms with E-state index in [1.807, 2.05) is 0 Å². The van der Waals surface area contributed by atoms with E-state index in [4.69, 9.17) is 0 Å². The standard InChI is InChI=1S/C25H20FN3O3S/c1-15(30)17-7-11-19(12-8-17)27-23(31)16(2)33-25-28-22-6-4-3-5-21(22)24(32)29(25)20-13-9-18(26)10-14-20/h3-14,16H,1-2H3,(H,27,31). The second-order valence-electron chi connectivity index (χ2n) is 7.41. The van der Waals surface area contributed by atoms with Gasteiger partial charge in [-0.25, -0.2) is 9.37 Å². The van der Waals surface area contributed by atoms with E-state index in [0.717, 1.165) is 11.8 Å². The van der Waals surface area contributed by atoms with Gasteiger partial charge in [-0.15, -0.1) is 0 Å². The molecule has 4 rings (SSSR count). The van der Waals surface area contributed by atoms with E-state index in [1.165, 1.54) is 35.8 Å². The number of halogens is 1. The highest BCUT2D eigenvalue weighted by molar-refractivity contribution is 8.00. The zero-order valence-corrected chi connectivity index (χ0v) is 18.7. The third kappa shape index (κ3) is 4.85. The van der Waals surface area contributed by atoms with Crippen LogP contribution >= 0.6 is 11.8 Å². The summed E-state index contributed by atoms with van der Waals surface area (Å²) in [6.45, 7) is 3.18. The van der Waals surface area contributed by atoms with Crippen LogP contribution in [0.3, 0.4) is 0 Å². The fourth-order valence-electron chi connectivity index (χ4n) is 3.25. The number of fused-ring (bicyclic) bond motifs is 1. The normalized spacial score (nSPS) is 11.8. The summed E-state index contributed by atoms with van der Waals surface area (Å²) in [5.41, 5.74) is 1.77. The second kappa shape index (κ2) is 9.38. The molecule has 0 aliphatic heterocycles. The van der Waals surface area contributed by atoms with Gasteiger partial charge < -0.3 is 5.32 Å². The summed E-state index contributed by atoms with van der Waals surface area (Å²) in [6, 6.07) is 19.1. The first-order valence-corrected chi connectivity index (χ1v) is 11.1. The van der Waals surface area contributed by atoms with Gasteiger partial charge in [0.25, 0.3) is 5.56 Å². The molecule has 1 atom stereocenters. The highest BCUT2D eigenvalue weighted by Gasteiger charge is 2.20. The predicted octanol–water partition coefficient (Wildman–Crippen LogP) is 4.85. The zero-order valence-electron chi connectivity index (χ0n) is 17.9. The van der Waals surface area contributed by atoms with Crippen LogP contribution in [0.15, 0.2) is 82.7 Å². The van der Waals surface area contributed by atoms with Crippen molar-refractivity contribution >= 4 is 40.0 Å². The molecule has 33 heavy (non-hydrogen) atoms. The number of carbonyl (C=O) groups excluding carboxylic acids is 2. The summed E-state index contributed by atoms with van der Waals surface area (Å²) < 4.78 is 14.9. The highest BCUT2D eigenvalue weighted by Crippen LogP contribution is 2.26. The summed E-state index contributed by atoms with van der Waals surface area (Å²) in [5, 5.41) is 2.96. The molecule has 0 fully saturated rings. The number of para-hydroxylation sites is 1. The number of anilines is 1. The van der Waals surface area contributed by atoms with Crippen molar-refractivity contribution in [3.05, 3.63) is 94.5 Å². The fourth-order valence-corrected chi connectivity index (χ4v) is 4.18. The van der Waals surface area contributed by atoms with Crippen LogP contribution in [-0.4, -0.2) is 26.5 Å². The molecular weight excluding hydrogens is 441 g/mol. The minimum Gasteiger partial charge on any atom is -0.325 e. The van der Waals surface area contributed by atoms with E-state index in [0.29, 0.717) is 33.0 Å². The van der Waals surface area contributed by atoms with Crippen molar-refractivity contribution in [1.29, 1.82) is 0 Å². The molecular formula is C25H20FN3O3S. The molecule has 0 bridgehead atoms. The number of benzene rings is 3. The van der Waals surface area contributed by atoms with Crippen LogP contribution in [0.25, 0.3) is 16.6 Å². The molecule has 1 amide bonds. The van der Waals surface area contributed by atoms with E-state index in [9.17, 15) is 18.8 Å². The van der Waals surface area contributed by atoms with Crippen LogP contribution in [0.5, 0.6) is 0 Å². The number of nitrogens with one attached hydrogen (secondary N) is 1. The van der Waals surface area contributed by atoms with Crippen molar-refractivity contribution in [3.8, 4) is 5.69 Å².